The molecule has 0 amide bonds. The van der Waals surface area contributed by atoms with Gasteiger partial charge in [0.05, 0.1) is 0 Å². The molecule has 0 fully saturated rings. The van der Waals surface area contributed by atoms with Gasteiger partial charge in [0.15, 0.2) is 0 Å². The van der Waals surface area contributed by atoms with Gasteiger partial charge in [0, 0.05) is 11.6 Å². The van der Waals surface area contributed by atoms with Crippen molar-refractivity contribution in [2.24, 2.45) is 0 Å². The van der Waals surface area contributed by atoms with Crippen LogP contribution in [0.2, 0.25) is 0 Å². The molecule has 0 aliphatic carbocycles. The van der Waals surface area contributed by atoms with E-state index in [1.807, 2.05) is 12.1 Å². The Balaban J connectivity index is 2.28. The highest BCUT2D eigenvalue weighted by Crippen LogP contribution is 2.24. The van der Waals surface area contributed by atoms with Gasteiger partial charge in [-0.15, -0.1) is 0 Å². The van der Waals surface area contributed by atoms with Crippen LogP contribution in [0.25, 0.3) is 0 Å². The highest BCUT2D eigenvalue weighted by Gasteiger charge is 2.07. The molecule has 0 radical (unpaired) electrons. The molecule has 2 N–H and O–H groups in total. The number of hydrogen-bond donors (Lipinski definition) is 1. The molecule has 2 rings (SSSR count). The second-order valence-electron chi connectivity index (χ2n) is 4.30. The van der Waals surface area contributed by atoms with E-state index in [9.17, 15) is 0 Å². The topological polar surface area (TPSA) is 26.0 Å². The number of nitrogen functional groups attached to an aromatic ring is 1. The molecule has 0 saturated carbocycles. The van der Waals surface area contributed by atoms with Crippen molar-refractivity contribution < 1.29 is 0 Å². The van der Waals surface area contributed by atoms with Crippen molar-refractivity contribution in [3.05, 3.63) is 65.2 Å². The van der Waals surface area contributed by atoms with Crippen LogP contribution < -0.4 is 5.73 Å². The number of benzene rings is 2. The van der Waals surface area contributed by atoms with Crippen LogP contribution in [-0.4, -0.2) is 0 Å². The maximum atomic E-state index is 5.69. The number of nitrogens with two attached hydrogens (primary N) is 1. The van der Waals surface area contributed by atoms with E-state index in [2.05, 4.69) is 50.2 Å². The van der Waals surface area contributed by atoms with Crippen LogP contribution in [0.1, 0.15) is 29.5 Å². The Labute approximate surface area is 96.9 Å². The van der Waals surface area contributed by atoms with Crippen LogP contribution in [0.5, 0.6) is 0 Å². The minimum Gasteiger partial charge on any atom is -0.399 e. The highest BCUT2D eigenvalue weighted by atomic mass is 14.5. The van der Waals surface area contributed by atoms with E-state index in [-0.39, 0.29) is 0 Å². The minimum atomic E-state index is 0.418. The first kappa shape index (κ1) is 10.7. The quantitative estimate of drug-likeness (QED) is 0.752. The van der Waals surface area contributed by atoms with Crippen molar-refractivity contribution in [2.75, 3.05) is 5.73 Å². The largest absolute Gasteiger partial charge is 0.399 e. The van der Waals surface area contributed by atoms with Crippen LogP contribution in [0.3, 0.4) is 0 Å². The summed E-state index contributed by atoms with van der Waals surface area (Å²) in [6.07, 6.45) is 0. The zero-order valence-electron chi connectivity index (χ0n) is 9.77. The Morgan fingerprint density at radius 1 is 0.812 bits per heavy atom. The Morgan fingerprint density at radius 3 is 1.75 bits per heavy atom. The molecule has 0 aliphatic heterocycles. The van der Waals surface area contributed by atoms with Gasteiger partial charge >= 0.3 is 0 Å². The van der Waals surface area contributed by atoms with Crippen LogP contribution in [0.4, 0.5) is 5.69 Å². The zero-order valence-corrected chi connectivity index (χ0v) is 9.77. The molecular formula is C15H17N. The molecule has 0 saturated heterocycles. The summed E-state index contributed by atoms with van der Waals surface area (Å²) in [6, 6.07) is 16.8. The Bertz CT molecular complexity index is 408. The van der Waals surface area contributed by atoms with Gasteiger partial charge in [0.1, 0.15) is 0 Å². The van der Waals surface area contributed by atoms with E-state index in [0.29, 0.717) is 5.92 Å². The molecule has 1 unspecified atom stereocenters. The Hall–Kier alpha value is -1.76. The third-order valence-corrected chi connectivity index (χ3v) is 3.01. The van der Waals surface area contributed by atoms with E-state index in [1.165, 1.54) is 16.7 Å². The lowest BCUT2D eigenvalue weighted by molar-refractivity contribution is 0.922. The van der Waals surface area contributed by atoms with Crippen LogP contribution in [-0.2, 0) is 0 Å². The fourth-order valence-electron chi connectivity index (χ4n) is 1.83. The first-order valence-corrected chi connectivity index (χ1v) is 5.59. The minimum absolute atomic E-state index is 0.418. The van der Waals surface area contributed by atoms with Crippen molar-refractivity contribution in [3.63, 3.8) is 0 Å². The normalized spacial score (nSPS) is 12.4. The maximum absolute atomic E-state index is 5.69. The lowest BCUT2D eigenvalue weighted by Gasteiger charge is -2.12. The summed E-state index contributed by atoms with van der Waals surface area (Å²) in [7, 11) is 0. The summed E-state index contributed by atoms with van der Waals surface area (Å²) in [4.78, 5) is 0. The number of hydrogen-bond acceptors (Lipinski definition) is 1. The van der Waals surface area contributed by atoms with Crippen molar-refractivity contribution >= 4 is 5.69 Å². The molecule has 1 atom stereocenters. The lowest BCUT2D eigenvalue weighted by atomic mass is 9.92. The SMILES string of the molecule is Cc1ccc(C(C)c2ccc(N)cc2)cc1. The smallest absolute Gasteiger partial charge is 0.0314 e. The van der Waals surface area contributed by atoms with E-state index >= 15 is 0 Å². The second-order valence-corrected chi connectivity index (χ2v) is 4.30. The zero-order chi connectivity index (χ0) is 11.5. The molecule has 2 aromatic carbocycles. The van der Waals surface area contributed by atoms with Crippen molar-refractivity contribution in [2.45, 2.75) is 19.8 Å². The third kappa shape index (κ3) is 2.25. The predicted molar refractivity (Wildman–Crippen MR) is 69.6 cm³/mol. The van der Waals surface area contributed by atoms with Gasteiger partial charge in [-0.2, -0.15) is 0 Å². The Kier molecular flexibility index (Phi) is 2.95. The van der Waals surface area contributed by atoms with Crippen LogP contribution >= 0.6 is 0 Å². The van der Waals surface area contributed by atoms with Gasteiger partial charge in [0.25, 0.3) is 0 Å². The molecule has 16 heavy (non-hydrogen) atoms. The van der Waals surface area contributed by atoms with E-state index in [4.69, 9.17) is 5.73 Å². The molecule has 0 aromatic heterocycles. The van der Waals surface area contributed by atoms with Crippen LogP contribution in [0, 0.1) is 6.92 Å². The summed E-state index contributed by atoms with van der Waals surface area (Å²) < 4.78 is 0. The molecule has 0 heterocycles. The average Bonchev–Trinajstić information content (AvgIpc) is 2.30. The van der Waals surface area contributed by atoms with Crippen molar-refractivity contribution in [1.82, 2.24) is 0 Å². The fourth-order valence-corrected chi connectivity index (χ4v) is 1.83. The number of rotatable bonds is 2. The summed E-state index contributed by atoms with van der Waals surface area (Å²) in [5.74, 6) is 0.418. The predicted octanol–water partition coefficient (Wildman–Crippen LogP) is 3.73. The molecule has 0 spiro atoms. The number of anilines is 1. The summed E-state index contributed by atoms with van der Waals surface area (Å²) in [6.45, 7) is 4.33. The van der Waals surface area contributed by atoms with Gasteiger partial charge in [-0.25, -0.2) is 0 Å². The molecule has 1 nitrogen and oxygen atoms in total. The molecule has 1 heteroatoms. The summed E-state index contributed by atoms with van der Waals surface area (Å²) >= 11 is 0. The van der Waals surface area contributed by atoms with Crippen LogP contribution in [0.15, 0.2) is 48.5 Å². The average molecular weight is 211 g/mol. The van der Waals surface area contributed by atoms with Crippen molar-refractivity contribution in [3.8, 4) is 0 Å². The third-order valence-electron chi connectivity index (χ3n) is 3.01. The van der Waals surface area contributed by atoms with E-state index in [0.717, 1.165) is 5.69 Å². The first-order valence-electron chi connectivity index (χ1n) is 5.59. The standard InChI is InChI=1S/C15H17N/c1-11-3-5-13(6-4-11)12(2)14-7-9-15(16)10-8-14/h3-10,12H,16H2,1-2H3. The summed E-state index contributed by atoms with van der Waals surface area (Å²) in [5, 5.41) is 0. The lowest BCUT2D eigenvalue weighted by Crippen LogP contribution is -1.96. The molecule has 82 valence electrons. The van der Waals surface area contributed by atoms with Gasteiger partial charge < -0.3 is 5.73 Å². The van der Waals surface area contributed by atoms with Crippen molar-refractivity contribution in [1.29, 1.82) is 0 Å². The van der Waals surface area contributed by atoms with E-state index < -0.39 is 0 Å². The van der Waals surface area contributed by atoms with E-state index in [1.54, 1.807) is 0 Å². The van der Waals surface area contributed by atoms with Gasteiger partial charge in [-0.1, -0.05) is 48.9 Å². The van der Waals surface area contributed by atoms with Gasteiger partial charge in [-0.3, -0.25) is 0 Å². The second kappa shape index (κ2) is 4.40. The molecular weight excluding hydrogens is 194 g/mol. The molecule has 2 aromatic rings. The maximum Gasteiger partial charge on any atom is 0.0314 e. The number of aryl methyl sites for hydroxylation is 1. The summed E-state index contributed by atoms with van der Waals surface area (Å²) in [5.41, 5.74) is 10.5. The highest BCUT2D eigenvalue weighted by molar-refractivity contribution is 5.42. The molecule has 0 bridgehead atoms. The van der Waals surface area contributed by atoms with Gasteiger partial charge in [0.2, 0.25) is 0 Å². The van der Waals surface area contributed by atoms with Gasteiger partial charge in [-0.05, 0) is 30.2 Å². The Morgan fingerprint density at radius 2 is 1.25 bits per heavy atom. The monoisotopic (exact) mass is 211 g/mol. The fraction of sp³-hybridized carbons (Fsp3) is 0.200. The first-order chi connectivity index (χ1) is 7.66. The molecule has 0 aliphatic rings.